The first-order valence-electron chi connectivity index (χ1n) is 8.61. The summed E-state index contributed by atoms with van der Waals surface area (Å²) in [4.78, 5) is 16.2. The smallest absolute Gasteiger partial charge is 0.337 e. The first kappa shape index (κ1) is 19.2. The lowest BCUT2D eigenvalue weighted by atomic mass is 10.1. The number of aliphatic hydroxyl groups excluding tert-OH is 1. The SMILES string of the molecule is COC(=O)c1cccc(CSc2ncc(CO)n2Cc2cccc(C)c2)c1. The van der Waals surface area contributed by atoms with Gasteiger partial charge in [-0.3, -0.25) is 0 Å². The van der Waals surface area contributed by atoms with E-state index in [0.29, 0.717) is 17.9 Å². The molecule has 0 aliphatic rings. The van der Waals surface area contributed by atoms with E-state index in [4.69, 9.17) is 4.74 Å². The van der Waals surface area contributed by atoms with E-state index < -0.39 is 0 Å². The first-order valence-corrected chi connectivity index (χ1v) is 9.60. The van der Waals surface area contributed by atoms with Gasteiger partial charge in [-0.25, -0.2) is 9.78 Å². The van der Waals surface area contributed by atoms with Crippen LogP contribution >= 0.6 is 11.8 Å². The maximum absolute atomic E-state index is 11.7. The van der Waals surface area contributed by atoms with Crippen molar-refractivity contribution in [3.63, 3.8) is 0 Å². The second-order valence-corrected chi connectivity index (χ2v) is 7.19. The average Bonchev–Trinajstić information content (AvgIpc) is 3.07. The molecule has 0 fully saturated rings. The highest BCUT2D eigenvalue weighted by atomic mass is 32.2. The third kappa shape index (κ3) is 4.78. The summed E-state index contributed by atoms with van der Waals surface area (Å²) in [5, 5.41) is 10.5. The standard InChI is InChI=1S/C21H22N2O3S/c1-15-5-3-6-16(9-15)12-23-19(13-24)11-22-21(23)27-14-17-7-4-8-18(10-17)20(25)26-2/h3-11,24H,12-14H2,1-2H3. The van der Waals surface area contributed by atoms with Crippen molar-refractivity contribution in [2.24, 2.45) is 0 Å². The number of aromatic nitrogens is 2. The predicted molar refractivity (Wildman–Crippen MR) is 106 cm³/mol. The highest BCUT2D eigenvalue weighted by Crippen LogP contribution is 2.25. The van der Waals surface area contributed by atoms with Gasteiger partial charge in [-0.2, -0.15) is 0 Å². The van der Waals surface area contributed by atoms with E-state index in [0.717, 1.165) is 22.0 Å². The van der Waals surface area contributed by atoms with E-state index >= 15 is 0 Å². The Labute approximate surface area is 163 Å². The van der Waals surface area contributed by atoms with Crippen LogP contribution < -0.4 is 0 Å². The van der Waals surface area contributed by atoms with Crippen LogP contribution in [0.2, 0.25) is 0 Å². The number of ether oxygens (including phenoxy) is 1. The number of rotatable bonds is 7. The molecular weight excluding hydrogens is 360 g/mol. The summed E-state index contributed by atoms with van der Waals surface area (Å²) in [5.41, 5.74) is 4.69. The van der Waals surface area contributed by atoms with Crippen LogP contribution in [0, 0.1) is 6.92 Å². The van der Waals surface area contributed by atoms with Gasteiger partial charge in [0.25, 0.3) is 0 Å². The Morgan fingerprint density at radius 1 is 1.19 bits per heavy atom. The largest absolute Gasteiger partial charge is 0.465 e. The summed E-state index contributed by atoms with van der Waals surface area (Å²) < 4.78 is 6.81. The number of carbonyl (C=O) groups excluding carboxylic acids is 1. The van der Waals surface area contributed by atoms with Gasteiger partial charge in [0.05, 0.1) is 31.2 Å². The number of aliphatic hydroxyl groups is 1. The van der Waals surface area contributed by atoms with Crippen molar-refractivity contribution in [2.45, 2.75) is 31.0 Å². The van der Waals surface area contributed by atoms with Gasteiger partial charge in [0, 0.05) is 12.3 Å². The maximum atomic E-state index is 11.7. The summed E-state index contributed by atoms with van der Waals surface area (Å²) in [6, 6.07) is 15.7. The van der Waals surface area contributed by atoms with Gasteiger partial charge in [-0.15, -0.1) is 0 Å². The molecule has 0 atom stereocenters. The van der Waals surface area contributed by atoms with E-state index in [-0.39, 0.29) is 12.6 Å². The number of thioether (sulfide) groups is 1. The van der Waals surface area contributed by atoms with Crippen LogP contribution in [0.3, 0.4) is 0 Å². The van der Waals surface area contributed by atoms with Gasteiger partial charge >= 0.3 is 5.97 Å². The molecule has 3 aromatic rings. The fourth-order valence-electron chi connectivity index (χ4n) is 2.85. The lowest BCUT2D eigenvalue weighted by Gasteiger charge is -2.11. The lowest BCUT2D eigenvalue weighted by Crippen LogP contribution is -2.06. The number of carbonyl (C=O) groups is 1. The molecule has 0 aliphatic heterocycles. The number of nitrogens with zero attached hydrogens (tertiary/aromatic N) is 2. The highest BCUT2D eigenvalue weighted by molar-refractivity contribution is 7.98. The maximum Gasteiger partial charge on any atom is 0.337 e. The van der Waals surface area contributed by atoms with Gasteiger partial charge in [0.1, 0.15) is 0 Å². The second kappa shape index (κ2) is 8.88. The molecule has 1 N–H and O–H groups in total. The van der Waals surface area contributed by atoms with E-state index in [2.05, 4.69) is 30.1 Å². The molecule has 0 radical (unpaired) electrons. The van der Waals surface area contributed by atoms with Crippen molar-refractivity contribution in [1.82, 2.24) is 9.55 Å². The molecule has 1 heterocycles. The molecule has 2 aromatic carbocycles. The fourth-order valence-corrected chi connectivity index (χ4v) is 3.79. The highest BCUT2D eigenvalue weighted by Gasteiger charge is 2.12. The summed E-state index contributed by atoms with van der Waals surface area (Å²) in [6.07, 6.45) is 1.71. The number of benzene rings is 2. The van der Waals surface area contributed by atoms with E-state index in [1.54, 1.807) is 24.0 Å². The monoisotopic (exact) mass is 382 g/mol. The normalized spacial score (nSPS) is 10.8. The van der Waals surface area contributed by atoms with E-state index in [1.807, 2.05) is 28.8 Å². The Kier molecular flexibility index (Phi) is 6.32. The summed E-state index contributed by atoms with van der Waals surface area (Å²) in [7, 11) is 1.38. The first-order chi connectivity index (χ1) is 13.1. The van der Waals surface area contributed by atoms with Crippen LogP contribution in [0.25, 0.3) is 0 Å². The topological polar surface area (TPSA) is 64.3 Å². The van der Waals surface area contributed by atoms with E-state index in [1.165, 1.54) is 12.7 Å². The number of esters is 1. The minimum absolute atomic E-state index is 0.0583. The second-order valence-electron chi connectivity index (χ2n) is 6.25. The third-order valence-corrected chi connectivity index (χ3v) is 5.26. The van der Waals surface area contributed by atoms with Crippen molar-refractivity contribution in [3.8, 4) is 0 Å². The number of imidazole rings is 1. The van der Waals surface area contributed by atoms with Crippen LogP contribution in [-0.2, 0) is 23.6 Å². The zero-order chi connectivity index (χ0) is 19.2. The van der Waals surface area contributed by atoms with E-state index in [9.17, 15) is 9.90 Å². The predicted octanol–water partition coefficient (Wildman–Crippen LogP) is 3.81. The molecule has 0 saturated heterocycles. The number of hydrogen-bond donors (Lipinski definition) is 1. The molecule has 27 heavy (non-hydrogen) atoms. The summed E-state index contributed by atoms with van der Waals surface area (Å²) in [6.45, 7) is 2.66. The van der Waals surface area contributed by atoms with Gasteiger partial charge in [-0.1, -0.05) is 53.7 Å². The minimum atomic E-state index is -0.342. The number of methoxy groups -OCH3 is 1. The fraction of sp³-hybridized carbons (Fsp3) is 0.238. The molecule has 5 nitrogen and oxygen atoms in total. The zero-order valence-electron chi connectivity index (χ0n) is 15.4. The average molecular weight is 382 g/mol. The molecule has 6 heteroatoms. The molecule has 140 valence electrons. The Morgan fingerprint density at radius 2 is 1.96 bits per heavy atom. The molecular formula is C21H22N2O3S. The number of hydrogen-bond acceptors (Lipinski definition) is 5. The molecule has 0 aliphatic carbocycles. The van der Waals surface area contributed by atoms with Crippen LogP contribution in [0.5, 0.6) is 0 Å². The summed E-state index contributed by atoms with van der Waals surface area (Å²) >= 11 is 1.58. The zero-order valence-corrected chi connectivity index (χ0v) is 16.2. The molecule has 0 amide bonds. The quantitative estimate of drug-likeness (QED) is 0.497. The van der Waals surface area contributed by atoms with Crippen molar-refractivity contribution < 1.29 is 14.6 Å². The minimum Gasteiger partial charge on any atom is -0.465 e. The van der Waals surface area contributed by atoms with Crippen LogP contribution in [0.1, 0.15) is 32.7 Å². The van der Waals surface area contributed by atoms with Gasteiger partial charge < -0.3 is 14.4 Å². The van der Waals surface area contributed by atoms with Gasteiger partial charge in [0.2, 0.25) is 0 Å². The Morgan fingerprint density at radius 3 is 2.70 bits per heavy atom. The molecule has 0 unspecified atom stereocenters. The number of aryl methyl sites for hydroxylation is 1. The molecule has 0 saturated carbocycles. The Balaban J connectivity index is 1.78. The molecule has 0 spiro atoms. The van der Waals surface area contributed by atoms with Crippen molar-refractivity contribution in [3.05, 3.63) is 82.7 Å². The summed E-state index contributed by atoms with van der Waals surface area (Å²) in [5.74, 6) is 0.325. The lowest BCUT2D eigenvalue weighted by molar-refractivity contribution is 0.0600. The van der Waals surface area contributed by atoms with Crippen LogP contribution in [-0.4, -0.2) is 27.7 Å². The molecule has 1 aromatic heterocycles. The molecule has 0 bridgehead atoms. The third-order valence-electron chi connectivity index (χ3n) is 4.20. The van der Waals surface area contributed by atoms with Crippen molar-refractivity contribution in [1.29, 1.82) is 0 Å². The molecule has 3 rings (SSSR count). The van der Waals surface area contributed by atoms with Crippen molar-refractivity contribution >= 4 is 17.7 Å². The van der Waals surface area contributed by atoms with Crippen LogP contribution in [0.4, 0.5) is 0 Å². The van der Waals surface area contributed by atoms with Crippen molar-refractivity contribution in [2.75, 3.05) is 7.11 Å². The Bertz CT molecular complexity index is 937. The van der Waals surface area contributed by atoms with Crippen LogP contribution in [0.15, 0.2) is 59.9 Å². The van der Waals surface area contributed by atoms with Gasteiger partial charge in [0.15, 0.2) is 5.16 Å². The Hall–Kier alpha value is -2.57. The van der Waals surface area contributed by atoms with Gasteiger partial charge in [-0.05, 0) is 30.2 Å².